The Hall–Kier alpha value is -1.35. The Morgan fingerprint density at radius 1 is 1.18 bits per heavy atom. The number of hydrogen-bond donors (Lipinski definition) is 0. The van der Waals surface area contributed by atoms with Gasteiger partial charge in [-0.25, -0.2) is 0 Å². The lowest BCUT2D eigenvalue weighted by atomic mass is 9.86. The molecule has 2 fully saturated rings. The van der Waals surface area contributed by atoms with Gasteiger partial charge in [-0.1, -0.05) is 49.1 Å². The first-order chi connectivity index (χ1) is 10.7. The summed E-state index contributed by atoms with van der Waals surface area (Å²) in [4.78, 5) is 14.6. The lowest BCUT2D eigenvalue weighted by molar-refractivity contribution is -0.140. The van der Waals surface area contributed by atoms with E-state index in [4.69, 9.17) is 4.74 Å². The summed E-state index contributed by atoms with van der Waals surface area (Å²) in [7, 11) is 0. The molecule has 1 amide bonds. The molecule has 0 bridgehead atoms. The maximum absolute atomic E-state index is 12.6. The summed E-state index contributed by atoms with van der Waals surface area (Å²) in [5.74, 6) is 0.939. The molecule has 1 aliphatic heterocycles. The summed E-state index contributed by atoms with van der Waals surface area (Å²) < 4.78 is 5.88. The molecule has 0 aromatic heterocycles. The molecular weight excluding hydrogens is 274 g/mol. The van der Waals surface area contributed by atoms with Gasteiger partial charge >= 0.3 is 0 Å². The van der Waals surface area contributed by atoms with E-state index in [0.717, 1.165) is 13.0 Å². The number of benzene rings is 1. The maximum Gasteiger partial charge on any atom is 0.223 e. The standard InChI is InChI=1S/C19H27NO2/c1-15-7-9-17(10-8-15)18-14-20(11-12-22-18)19(21)13-16-5-3-2-4-6-16/h7-10,16,18H,2-6,11-14H2,1H3. The van der Waals surface area contributed by atoms with Crippen molar-refractivity contribution in [2.75, 3.05) is 19.7 Å². The van der Waals surface area contributed by atoms with Gasteiger partial charge in [0.25, 0.3) is 0 Å². The average molecular weight is 301 g/mol. The molecule has 120 valence electrons. The molecule has 2 aliphatic rings. The fraction of sp³-hybridized carbons (Fsp3) is 0.632. The first-order valence-electron chi connectivity index (χ1n) is 8.68. The Morgan fingerprint density at radius 3 is 2.64 bits per heavy atom. The quantitative estimate of drug-likeness (QED) is 0.848. The predicted octanol–water partition coefficient (Wildman–Crippen LogP) is 3.87. The fourth-order valence-electron chi connectivity index (χ4n) is 3.63. The molecule has 0 spiro atoms. The lowest BCUT2D eigenvalue weighted by Gasteiger charge is -2.34. The molecule has 1 saturated carbocycles. The van der Waals surface area contributed by atoms with Crippen molar-refractivity contribution in [2.24, 2.45) is 5.92 Å². The molecule has 1 aliphatic carbocycles. The van der Waals surface area contributed by atoms with Crippen LogP contribution in [-0.4, -0.2) is 30.5 Å². The number of carbonyl (C=O) groups excluding carboxylic acids is 1. The van der Waals surface area contributed by atoms with Gasteiger partial charge in [-0.2, -0.15) is 0 Å². The van der Waals surface area contributed by atoms with E-state index in [2.05, 4.69) is 31.2 Å². The summed E-state index contributed by atoms with van der Waals surface area (Å²) >= 11 is 0. The fourth-order valence-corrected chi connectivity index (χ4v) is 3.63. The van der Waals surface area contributed by atoms with Gasteiger partial charge in [0.1, 0.15) is 6.10 Å². The second-order valence-corrected chi connectivity index (χ2v) is 6.82. The Balaban J connectivity index is 1.57. The summed E-state index contributed by atoms with van der Waals surface area (Å²) in [6, 6.07) is 8.47. The van der Waals surface area contributed by atoms with Crippen LogP contribution in [0.25, 0.3) is 0 Å². The third-order valence-electron chi connectivity index (χ3n) is 5.06. The van der Waals surface area contributed by atoms with Crippen LogP contribution in [0.15, 0.2) is 24.3 Å². The molecule has 3 rings (SSSR count). The van der Waals surface area contributed by atoms with E-state index < -0.39 is 0 Å². The average Bonchev–Trinajstić information content (AvgIpc) is 2.56. The second-order valence-electron chi connectivity index (χ2n) is 6.82. The summed E-state index contributed by atoms with van der Waals surface area (Å²) in [5, 5.41) is 0. The van der Waals surface area contributed by atoms with Gasteiger partial charge in [-0.3, -0.25) is 4.79 Å². The highest BCUT2D eigenvalue weighted by Crippen LogP contribution is 2.28. The SMILES string of the molecule is Cc1ccc(C2CN(C(=O)CC3CCCCC3)CCO2)cc1. The van der Waals surface area contributed by atoms with Crippen LogP contribution in [-0.2, 0) is 9.53 Å². The van der Waals surface area contributed by atoms with Crippen LogP contribution in [0.2, 0.25) is 0 Å². The number of rotatable bonds is 3. The highest BCUT2D eigenvalue weighted by Gasteiger charge is 2.27. The van der Waals surface area contributed by atoms with Crippen LogP contribution in [0.4, 0.5) is 0 Å². The Labute approximate surface area is 133 Å². The molecule has 1 unspecified atom stereocenters. The van der Waals surface area contributed by atoms with Gasteiger partial charge < -0.3 is 9.64 Å². The van der Waals surface area contributed by atoms with E-state index in [1.165, 1.54) is 43.2 Å². The Kier molecular flexibility index (Phi) is 5.14. The van der Waals surface area contributed by atoms with E-state index in [1.807, 2.05) is 4.90 Å². The number of ether oxygens (including phenoxy) is 1. The van der Waals surface area contributed by atoms with Crippen molar-refractivity contribution in [2.45, 2.75) is 51.6 Å². The van der Waals surface area contributed by atoms with E-state index in [1.54, 1.807) is 0 Å². The molecule has 1 saturated heterocycles. The topological polar surface area (TPSA) is 29.5 Å². The minimum atomic E-state index is 0.0321. The van der Waals surface area contributed by atoms with Gasteiger partial charge in [0.15, 0.2) is 0 Å². The number of hydrogen-bond acceptors (Lipinski definition) is 2. The third kappa shape index (κ3) is 3.89. The van der Waals surface area contributed by atoms with Crippen molar-refractivity contribution in [3.8, 4) is 0 Å². The van der Waals surface area contributed by atoms with Crippen LogP contribution < -0.4 is 0 Å². The van der Waals surface area contributed by atoms with Gasteiger partial charge in [-0.05, 0) is 31.2 Å². The zero-order chi connectivity index (χ0) is 15.4. The highest BCUT2D eigenvalue weighted by molar-refractivity contribution is 5.76. The van der Waals surface area contributed by atoms with Crippen molar-refractivity contribution < 1.29 is 9.53 Å². The summed E-state index contributed by atoms with van der Waals surface area (Å²) in [5.41, 5.74) is 2.44. The molecule has 1 aromatic carbocycles. The Morgan fingerprint density at radius 2 is 1.91 bits per heavy atom. The van der Waals surface area contributed by atoms with Crippen LogP contribution in [0.5, 0.6) is 0 Å². The van der Waals surface area contributed by atoms with Gasteiger partial charge in [0.05, 0.1) is 13.2 Å². The van der Waals surface area contributed by atoms with Crippen LogP contribution in [0.3, 0.4) is 0 Å². The molecule has 3 heteroatoms. The van der Waals surface area contributed by atoms with E-state index in [-0.39, 0.29) is 6.10 Å². The van der Waals surface area contributed by atoms with Crippen molar-refractivity contribution in [1.82, 2.24) is 4.90 Å². The molecule has 1 aromatic rings. The normalized spacial score (nSPS) is 23.5. The summed E-state index contributed by atoms with van der Waals surface area (Å²) in [6.07, 6.45) is 7.18. The Bertz CT molecular complexity index is 491. The predicted molar refractivity (Wildman–Crippen MR) is 87.6 cm³/mol. The van der Waals surface area contributed by atoms with Gasteiger partial charge in [0, 0.05) is 13.0 Å². The third-order valence-corrected chi connectivity index (χ3v) is 5.06. The minimum Gasteiger partial charge on any atom is -0.370 e. The van der Waals surface area contributed by atoms with E-state index in [9.17, 15) is 4.79 Å². The smallest absolute Gasteiger partial charge is 0.223 e. The van der Waals surface area contributed by atoms with Gasteiger partial charge in [-0.15, -0.1) is 0 Å². The van der Waals surface area contributed by atoms with Crippen molar-refractivity contribution in [3.63, 3.8) is 0 Å². The molecule has 22 heavy (non-hydrogen) atoms. The molecule has 0 radical (unpaired) electrons. The first kappa shape index (κ1) is 15.5. The minimum absolute atomic E-state index is 0.0321. The van der Waals surface area contributed by atoms with E-state index >= 15 is 0 Å². The van der Waals surface area contributed by atoms with Crippen molar-refractivity contribution in [3.05, 3.63) is 35.4 Å². The molecular formula is C19H27NO2. The monoisotopic (exact) mass is 301 g/mol. The maximum atomic E-state index is 12.6. The highest BCUT2D eigenvalue weighted by atomic mass is 16.5. The first-order valence-corrected chi connectivity index (χ1v) is 8.68. The van der Waals surface area contributed by atoms with Gasteiger partial charge in [0.2, 0.25) is 5.91 Å². The number of morpholine rings is 1. The summed E-state index contributed by atoms with van der Waals surface area (Å²) in [6.45, 7) is 4.18. The largest absolute Gasteiger partial charge is 0.370 e. The lowest BCUT2D eigenvalue weighted by Crippen LogP contribution is -2.42. The van der Waals surface area contributed by atoms with Crippen molar-refractivity contribution in [1.29, 1.82) is 0 Å². The molecule has 1 atom stereocenters. The van der Waals surface area contributed by atoms with E-state index in [0.29, 0.717) is 25.0 Å². The second kappa shape index (κ2) is 7.28. The number of nitrogens with zero attached hydrogens (tertiary/aromatic N) is 1. The van der Waals surface area contributed by atoms with Crippen LogP contribution in [0.1, 0.15) is 55.8 Å². The number of carbonyl (C=O) groups is 1. The number of amides is 1. The zero-order valence-corrected chi connectivity index (χ0v) is 13.6. The van der Waals surface area contributed by atoms with Crippen LogP contribution in [0, 0.1) is 12.8 Å². The van der Waals surface area contributed by atoms with Crippen molar-refractivity contribution >= 4 is 5.91 Å². The van der Waals surface area contributed by atoms with Crippen LogP contribution >= 0.6 is 0 Å². The number of aryl methyl sites for hydroxylation is 1. The molecule has 0 N–H and O–H groups in total. The zero-order valence-electron chi connectivity index (χ0n) is 13.6. The molecule has 3 nitrogen and oxygen atoms in total. The molecule has 1 heterocycles.